The molecule has 0 unspecified atom stereocenters. The summed E-state index contributed by atoms with van der Waals surface area (Å²) in [5.74, 6) is 0.319. The third-order valence-corrected chi connectivity index (χ3v) is 5.80. The summed E-state index contributed by atoms with van der Waals surface area (Å²) in [6.45, 7) is 1.66. The van der Waals surface area contributed by atoms with Crippen LogP contribution in [0.3, 0.4) is 0 Å². The molecular formula is C21H25F3N2O4S. The summed E-state index contributed by atoms with van der Waals surface area (Å²) in [6.07, 6.45) is -3.54. The van der Waals surface area contributed by atoms with Gasteiger partial charge in [-0.15, -0.1) is 0 Å². The maximum Gasteiger partial charge on any atom is 0.416 e. The van der Waals surface area contributed by atoms with Crippen molar-refractivity contribution in [3.8, 4) is 5.75 Å². The standard InChI is InChI=1S/C21H25F3N2O4S/c1-15(18-10-4-5-11-19(18)30-2)25-20(27)12-7-13-26(31(3,28)29)17-9-6-8-16(14-17)21(22,23)24/h4-6,8-11,14-15H,7,12-13H2,1-3H3,(H,25,27)/t15-/m0/s1. The number of benzene rings is 2. The van der Waals surface area contributed by atoms with Gasteiger partial charge in [0.2, 0.25) is 15.9 Å². The Hall–Kier alpha value is -2.75. The van der Waals surface area contributed by atoms with Crippen molar-refractivity contribution in [2.24, 2.45) is 0 Å². The molecule has 10 heteroatoms. The minimum atomic E-state index is -4.59. The van der Waals surface area contributed by atoms with Crippen LogP contribution in [0.4, 0.5) is 18.9 Å². The molecule has 0 bridgehead atoms. The number of nitrogens with one attached hydrogen (secondary N) is 1. The molecule has 0 aromatic heterocycles. The van der Waals surface area contributed by atoms with Gasteiger partial charge >= 0.3 is 6.18 Å². The van der Waals surface area contributed by atoms with E-state index in [4.69, 9.17) is 4.74 Å². The first kappa shape index (κ1) is 24.5. The first-order valence-electron chi connectivity index (χ1n) is 9.50. The number of hydrogen-bond acceptors (Lipinski definition) is 4. The van der Waals surface area contributed by atoms with E-state index in [-0.39, 0.29) is 37.0 Å². The number of ether oxygens (including phenoxy) is 1. The molecule has 2 aromatic carbocycles. The molecule has 0 aliphatic carbocycles. The summed E-state index contributed by atoms with van der Waals surface area (Å²) < 4.78 is 69.3. The highest BCUT2D eigenvalue weighted by atomic mass is 32.2. The average Bonchev–Trinajstić information content (AvgIpc) is 2.69. The normalized spacial score (nSPS) is 12.8. The molecule has 1 N–H and O–H groups in total. The van der Waals surface area contributed by atoms with Crippen LogP contribution in [0, 0.1) is 0 Å². The molecule has 0 spiro atoms. The quantitative estimate of drug-likeness (QED) is 0.613. The van der Waals surface area contributed by atoms with Crippen molar-refractivity contribution in [1.82, 2.24) is 5.32 Å². The van der Waals surface area contributed by atoms with Gasteiger partial charge in [0.1, 0.15) is 5.75 Å². The van der Waals surface area contributed by atoms with Crippen molar-refractivity contribution in [2.75, 3.05) is 24.2 Å². The van der Waals surface area contributed by atoms with Crippen LogP contribution in [0.25, 0.3) is 0 Å². The highest BCUT2D eigenvalue weighted by molar-refractivity contribution is 7.92. The molecule has 6 nitrogen and oxygen atoms in total. The summed E-state index contributed by atoms with van der Waals surface area (Å²) >= 11 is 0. The fourth-order valence-electron chi connectivity index (χ4n) is 3.12. The average molecular weight is 459 g/mol. The second-order valence-electron chi connectivity index (χ2n) is 7.02. The maximum atomic E-state index is 13.0. The Balaban J connectivity index is 2.03. The number of hydrogen-bond donors (Lipinski definition) is 1. The van der Waals surface area contributed by atoms with Crippen LogP contribution in [-0.2, 0) is 21.0 Å². The Labute approximate surface area is 180 Å². The highest BCUT2D eigenvalue weighted by Crippen LogP contribution is 2.32. The summed E-state index contributed by atoms with van der Waals surface area (Å²) in [4.78, 5) is 12.3. The summed E-state index contributed by atoms with van der Waals surface area (Å²) in [5, 5.41) is 2.82. The number of alkyl halides is 3. The first-order chi connectivity index (χ1) is 14.4. The van der Waals surface area contributed by atoms with Crippen molar-refractivity contribution in [3.05, 3.63) is 59.7 Å². The monoisotopic (exact) mass is 458 g/mol. The third-order valence-electron chi connectivity index (χ3n) is 4.61. The number of para-hydroxylation sites is 1. The van der Waals surface area contributed by atoms with Gasteiger partial charge in [0, 0.05) is 18.5 Å². The van der Waals surface area contributed by atoms with Gasteiger partial charge in [0.25, 0.3) is 0 Å². The molecule has 2 aromatic rings. The van der Waals surface area contributed by atoms with Crippen LogP contribution in [0.2, 0.25) is 0 Å². The minimum absolute atomic E-state index is 0.00444. The van der Waals surface area contributed by atoms with E-state index in [0.29, 0.717) is 5.75 Å². The highest BCUT2D eigenvalue weighted by Gasteiger charge is 2.31. The van der Waals surface area contributed by atoms with Crippen LogP contribution < -0.4 is 14.4 Å². The number of carbonyl (C=O) groups is 1. The number of halogens is 3. The van der Waals surface area contributed by atoms with Gasteiger partial charge in [-0.1, -0.05) is 24.3 Å². The van der Waals surface area contributed by atoms with Gasteiger partial charge in [-0.25, -0.2) is 8.42 Å². The number of sulfonamides is 1. The Morgan fingerprint density at radius 2 is 1.84 bits per heavy atom. The molecule has 0 radical (unpaired) electrons. The van der Waals surface area contributed by atoms with Crippen LogP contribution >= 0.6 is 0 Å². The third kappa shape index (κ3) is 6.88. The van der Waals surface area contributed by atoms with Gasteiger partial charge in [-0.05, 0) is 37.6 Å². The minimum Gasteiger partial charge on any atom is -0.496 e. The lowest BCUT2D eigenvalue weighted by molar-refractivity contribution is -0.137. The molecule has 0 saturated heterocycles. The number of rotatable bonds is 9. The van der Waals surface area contributed by atoms with Crippen LogP contribution in [-0.4, -0.2) is 34.2 Å². The van der Waals surface area contributed by atoms with Crippen molar-refractivity contribution >= 4 is 21.6 Å². The van der Waals surface area contributed by atoms with Crippen LogP contribution in [0.5, 0.6) is 5.75 Å². The van der Waals surface area contributed by atoms with E-state index in [1.54, 1.807) is 13.0 Å². The van der Waals surface area contributed by atoms with E-state index in [1.165, 1.54) is 13.2 Å². The van der Waals surface area contributed by atoms with E-state index in [1.807, 2.05) is 18.2 Å². The maximum absolute atomic E-state index is 13.0. The Bertz CT molecular complexity index is 1010. The van der Waals surface area contributed by atoms with E-state index >= 15 is 0 Å². The van der Waals surface area contributed by atoms with Crippen molar-refractivity contribution < 1.29 is 31.1 Å². The smallest absolute Gasteiger partial charge is 0.416 e. The van der Waals surface area contributed by atoms with E-state index in [9.17, 15) is 26.4 Å². The number of nitrogens with zero attached hydrogens (tertiary/aromatic N) is 1. The molecular weight excluding hydrogens is 433 g/mol. The summed E-state index contributed by atoms with van der Waals surface area (Å²) in [6, 6.07) is 11.0. The SMILES string of the molecule is COc1ccccc1[C@H](C)NC(=O)CCCN(c1cccc(C(F)(F)F)c1)S(C)(=O)=O. The first-order valence-corrected chi connectivity index (χ1v) is 11.4. The van der Waals surface area contributed by atoms with Gasteiger partial charge in [-0.2, -0.15) is 13.2 Å². The Kier molecular flexibility index (Phi) is 7.94. The van der Waals surface area contributed by atoms with E-state index in [2.05, 4.69) is 5.32 Å². The van der Waals surface area contributed by atoms with Crippen molar-refractivity contribution in [2.45, 2.75) is 32.0 Å². The summed E-state index contributed by atoms with van der Waals surface area (Å²) in [5.41, 5.74) is -0.248. The fraction of sp³-hybridized carbons (Fsp3) is 0.381. The molecule has 31 heavy (non-hydrogen) atoms. The Morgan fingerprint density at radius 1 is 1.16 bits per heavy atom. The molecule has 0 aliphatic rings. The lowest BCUT2D eigenvalue weighted by atomic mass is 10.1. The van der Waals surface area contributed by atoms with Gasteiger partial charge in [-0.3, -0.25) is 9.10 Å². The molecule has 2 rings (SSSR count). The molecule has 0 heterocycles. The van der Waals surface area contributed by atoms with Gasteiger partial charge in [0.05, 0.1) is 30.7 Å². The van der Waals surface area contributed by atoms with Crippen LogP contribution in [0.15, 0.2) is 48.5 Å². The van der Waals surface area contributed by atoms with Crippen LogP contribution in [0.1, 0.15) is 36.9 Å². The molecule has 170 valence electrons. The molecule has 0 saturated carbocycles. The predicted octanol–water partition coefficient (Wildman–Crippen LogP) is 4.14. The van der Waals surface area contributed by atoms with Crippen molar-refractivity contribution in [3.63, 3.8) is 0 Å². The molecule has 1 atom stereocenters. The zero-order valence-electron chi connectivity index (χ0n) is 17.4. The number of carbonyl (C=O) groups excluding carboxylic acids is 1. The second kappa shape index (κ2) is 10.0. The molecule has 0 fully saturated rings. The topological polar surface area (TPSA) is 75.7 Å². The zero-order chi connectivity index (χ0) is 23.2. The lowest BCUT2D eigenvalue weighted by Gasteiger charge is -2.23. The fourth-order valence-corrected chi connectivity index (χ4v) is 4.08. The van der Waals surface area contributed by atoms with Gasteiger partial charge < -0.3 is 10.1 Å². The van der Waals surface area contributed by atoms with Gasteiger partial charge in [0.15, 0.2) is 0 Å². The number of anilines is 1. The largest absolute Gasteiger partial charge is 0.496 e. The number of amides is 1. The summed E-state index contributed by atoms with van der Waals surface area (Å²) in [7, 11) is -2.31. The molecule has 0 aliphatic heterocycles. The van der Waals surface area contributed by atoms with Crippen molar-refractivity contribution in [1.29, 1.82) is 0 Å². The second-order valence-corrected chi connectivity index (χ2v) is 8.92. The lowest BCUT2D eigenvalue weighted by Crippen LogP contribution is -2.32. The Morgan fingerprint density at radius 3 is 2.45 bits per heavy atom. The predicted molar refractivity (Wildman–Crippen MR) is 112 cm³/mol. The van der Waals surface area contributed by atoms with E-state index < -0.39 is 21.8 Å². The van der Waals surface area contributed by atoms with E-state index in [0.717, 1.165) is 34.3 Å². The number of methoxy groups -OCH3 is 1. The molecule has 1 amide bonds. The zero-order valence-corrected chi connectivity index (χ0v) is 18.3.